The maximum atomic E-state index is 5.39. The summed E-state index contributed by atoms with van der Waals surface area (Å²) in [4.78, 5) is 0. The van der Waals surface area contributed by atoms with Crippen LogP contribution in [0.1, 0.15) is 24.9 Å². The third kappa shape index (κ3) is 3.87. The summed E-state index contributed by atoms with van der Waals surface area (Å²) < 4.78 is 0. The number of hydrogen-bond donors (Lipinski definition) is 3. The van der Waals surface area contributed by atoms with E-state index in [1.807, 2.05) is 18.2 Å². The van der Waals surface area contributed by atoms with Crippen molar-refractivity contribution in [1.82, 2.24) is 10.9 Å². The van der Waals surface area contributed by atoms with Crippen molar-refractivity contribution < 1.29 is 0 Å². The van der Waals surface area contributed by atoms with Crippen LogP contribution in [0.5, 0.6) is 0 Å². The number of nitrogens with one attached hydrogen (secondary N) is 2. The largest absolute Gasteiger partial charge is 0.330 e. The molecular formula is C11H19N3. The van der Waals surface area contributed by atoms with Crippen molar-refractivity contribution in [3.05, 3.63) is 35.9 Å². The zero-order valence-electron chi connectivity index (χ0n) is 8.66. The van der Waals surface area contributed by atoms with Crippen LogP contribution < -0.4 is 16.6 Å². The Morgan fingerprint density at radius 1 is 1.29 bits per heavy atom. The lowest BCUT2D eigenvalue weighted by atomic mass is 10.1. The number of hydrogen-bond acceptors (Lipinski definition) is 3. The van der Waals surface area contributed by atoms with Crippen LogP contribution in [0.2, 0.25) is 0 Å². The van der Waals surface area contributed by atoms with E-state index in [9.17, 15) is 0 Å². The minimum absolute atomic E-state index is 0.328. The Labute approximate surface area is 85.7 Å². The maximum Gasteiger partial charge on any atom is 0.0434 e. The normalized spacial score (nSPS) is 12.7. The molecule has 0 aliphatic rings. The highest BCUT2D eigenvalue weighted by molar-refractivity contribution is 5.17. The van der Waals surface area contributed by atoms with Gasteiger partial charge in [0.25, 0.3) is 0 Å². The number of nitrogens with two attached hydrogens (primary N) is 1. The minimum atomic E-state index is 0.328. The smallest absolute Gasteiger partial charge is 0.0434 e. The van der Waals surface area contributed by atoms with Crippen LogP contribution in [0, 0.1) is 0 Å². The van der Waals surface area contributed by atoms with Crippen molar-refractivity contribution >= 4 is 0 Å². The standard InChI is InChI=1S/C11H19N3/c1-10(14-13-9-5-8-12)11-6-3-2-4-7-11/h2-4,6-7,10,13-14H,5,8-9,12H2,1H3/t10-/m0/s1. The van der Waals surface area contributed by atoms with Crippen molar-refractivity contribution in [3.8, 4) is 0 Å². The van der Waals surface area contributed by atoms with E-state index < -0.39 is 0 Å². The van der Waals surface area contributed by atoms with E-state index in [2.05, 4.69) is 29.9 Å². The second kappa shape index (κ2) is 6.54. The Morgan fingerprint density at radius 2 is 2.00 bits per heavy atom. The molecule has 14 heavy (non-hydrogen) atoms. The first-order valence-electron chi connectivity index (χ1n) is 5.08. The topological polar surface area (TPSA) is 50.1 Å². The van der Waals surface area contributed by atoms with Gasteiger partial charge in [0, 0.05) is 12.6 Å². The molecule has 0 radical (unpaired) electrons. The van der Waals surface area contributed by atoms with E-state index in [4.69, 9.17) is 5.73 Å². The van der Waals surface area contributed by atoms with Crippen LogP contribution >= 0.6 is 0 Å². The van der Waals surface area contributed by atoms with Gasteiger partial charge in [-0.1, -0.05) is 30.3 Å². The quantitative estimate of drug-likeness (QED) is 0.470. The molecule has 0 fully saturated rings. The molecule has 0 spiro atoms. The van der Waals surface area contributed by atoms with Gasteiger partial charge in [0.1, 0.15) is 0 Å². The highest BCUT2D eigenvalue weighted by Crippen LogP contribution is 2.09. The zero-order chi connectivity index (χ0) is 10.2. The number of benzene rings is 1. The summed E-state index contributed by atoms with van der Waals surface area (Å²) in [7, 11) is 0. The number of rotatable bonds is 6. The van der Waals surface area contributed by atoms with Crippen molar-refractivity contribution in [2.45, 2.75) is 19.4 Å². The summed E-state index contributed by atoms with van der Waals surface area (Å²) in [5.74, 6) is 0. The van der Waals surface area contributed by atoms with Gasteiger partial charge in [-0.25, -0.2) is 0 Å². The van der Waals surface area contributed by atoms with E-state index >= 15 is 0 Å². The Balaban J connectivity index is 2.25. The fraction of sp³-hybridized carbons (Fsp3) is 0.455. The van der Waals surface area contributed by atoms with Crippen molar-refractivity contribution in [1.29, 1.82) is 0 Å². The Bertz CT molecular complexity index is 236. The second-order valence-corrected chi connectivity index (χ2v) is 3.35. The molecule has 0 bridgehead atoms. The van der Waals surface area contributed by atoms with Gasteiger partial charge in [0.2, 0.25) is 0 Å². The highest BCUT2D eigenvalue weighted by Gasteiger charge is 2.01. The fourth-order valence-corrected chi connectivity index (χ4v) is 1.24. The van der Waals surface area contributed by atoms with Crippen LogP contribution in [0.15, 0.2) is 30.3 Å². The summed E-state index contributed by atoms with van der Waals surface area (Å²) in [5.41, 5.74) is 13.1. The maximum absolute atomic E-state index is 5.39. The highest BCUT2D eigenvalue weighted by atomic mass is 15.4. The average molecular weight is 193 g/mol. The predicted molar refractivity (Wildman–Crippen MR) is 59.7 cm³/mol. The van der Waals surface area contributed by atoms with E-state index in [-0.39, 0.29) is 0 Å². The predicted octanol–water partition coefficient (Wildman–Crippen LogP) is 1.19. The third-order valence-electron chi connectivity index (χ3n) is 2.12. The summed E-state index contributed by atoms with van der Waals surface area (Å²) in [6, 6.07) is 10.7. The van der Waals surface area contributed by atoms with Gasteiger partial charge in [-0.15, -0.1) is 0 Å². The molecule has 1 rings (SSSR count). The van der Waals surface area contributed by atoms with Crippen LogP contribution in [0.4, 0.5) is 0 Å². The van der Waals surface area contributed by atoms with Gasteiger partial charge in [-0.3, -0.25) is 10.9 Å². The minimum Gasteiger partial charge on any atom is -0.330 e. The lowest BCUT2D eigenvalue weighted by Gasteiger charge is -2.14. The Kier molecular flexibility index (Phi) is 5.22. The molecule has 0 saturated carbocycles. The molecule has 1 atom stereocenters. The Hall–Kier alpha value is -0.900. The van der Waals surface area contributed by atoms with Gasteiger partial charge in [0.15, 0.2) is 0 Å². The fourth-order valence-electron chi connectivity index (χ4n) is 1.24. The van der Waals surface area contributed by atoms with Gasteiger partial charge in [0.05, 0.1) is 0 Å². The van der Waals surface area contributed by atoms with E-state index in [0.717, 1.165) is 19.5 Å². The van der Waals surface area contributed by atoms with Crippen molar-refractivity contribution in [3.63, 3.8) is 0 Å². The van der Waals surface area contributed by atoms with Gasteiger partial charge in [-0.2, -0.15) is 0 Å². The summed E-state index contributed by atoms with van der Waals surface area (Å²) in [5, 5.41) is 0. The lowest BCUT2D eigenvalue weighted by molar-refractivity contribution is 0.458. The summed E-state index contributed by atoms with van der Waals surface area (Å²) >= 11 is 0. The molecule has 78 valence electrons. The average Bonchev–Trinajstić information content (AvgIpc) is 2.25. The molecule has 3 nitrogen and oxygen atoms in total. The molecule has 0 amide bonds. The van der Waals surface area contributed by atoms with Gasteiger partial charge < -0.3 is 5.73 Å². The monoisotopic (exact) mass is 193 g/mol. The molecular weight excluding hydrogens is 174 g/mol. The molecule has 0 aromatic heterocycles. The molecule has 0 saturated heterocycles. The first-order valence-corrected chi connectivity index (χ1v) is 5.08. The molecule has 1 aromatic rings. The summed E-state index contributed by atoms with van der Waals surface area (Å²) in [6.07, 6.45) is 0.995. The van der Waals surface area contributed by atoms with Crippen LogP contribution in [-0.4, -0.2) is 13.1 Å². The summed E-state index contributed by atoms with van der Waals surface area (Å²) in [6.45, 7) is 3.77. The Morgan fingerprint density at radius 3 is 2.64 bits per heavy atom. The second-order valence-electron chi connectivity index (χ2n) is 3.35. The molecule has 0 heterocycles. The van der Waals surface area contributed by atoms with E-state index in [1.54, 1.807) is 0 Å². The van der Waals surface area contributed by atoms with Crippen LogP contribution in [0.25, 0.3) is 0 Å². The van der Waals surface area contributed by atoms with E-state index in [0.29, 0.717) is 6.04 Å². The molecule has 4 N–H and O–H groups in total. The first kappa shape index (κ1) is 11.2. The molecule has 1 aromatic carbocycles. The molecule has 0 unspecified atom stereocenters. The van der Waals surface area contributed by atoms with Crippen LogP contribution in [0.3, 0.4) is 0 Å². The molecule has 3 heteroatoms. The molecule has 0 aliphatic carbocycles. The van der Waals surface area contributed by atoms with Crippen molar-refractivity contribution in [2.75, 3.05) is 13.1 Å². The lowest BCUT2D eigenvalue weighted by Crippen LogP contribution is -2.35. The zero-order valence-corrected chi connectivity index (χ0v) is 8.66. The van der Waals surface area contributed by atoms with Crippen molar-refractivity contribution in [2.24, 2.45) is 5.73 Å². The SMILES string of the molecule is C[C@H](NNCCCN)c1ccccc1. The van der Waals surface area contributed by atoms with Gasteiger partial charge >= 0.3 is 0 Å². The van der Waals surface area contributed by atoms with Crippen LogP contribution in [-0.2, 0) is 0 Å². The number of hydrazine groups is 1. The first-order chi connectivity index (χ1) is 6.84. The molecule has 0 aliphatic heterocycles. The van der Waals surface area contributed by atoms with Gasteiger partial charge in [-0.05, 0) is 25.5 Å². The van der Waals surface area contributed by atoms with E-state index in [1.165, 1.54) is 5.56 Å². The third-order valence-corrected chi connectivity index (χ3v) is 2.12.